The summed E-state index contributed by atoms with van der Waals surface area (Å²) in [6.07, 6.45) is 0. The van der Waals surface area contributed by atoms with E-state index in [0.29, 0.717) is 11.3 Å². The van der Waals surface area contributed by atoms with Gasteiger partial charge in [0.1, 0.15) is 17.3 Å². The van der Waals surface area contributed by atoms with Crippen LogP contribution in [-0.4, -0.2) is 12.2 Å². The van der Waals surface area contributed by atoms with Crippen molar-refractivity contribution in [2.24, 2.45) is 0 Å². The average Bonchev–Trinajstić information content (AvgIpc) is 2.44. The molecular weight excluding hydrogens is 269 g/mol. The number of phenols is 1. The van der Waals surface area contributed by atoms with Gasteiger partial charge in [-0.05, 0) is 50.1 Å². The van der Waals surface area contributed by atoms with Crippen LogP contribution in [0.25, 0.3) is 0 Å². The molecule has 2 aromatic carbocycles. The highest BCUT2D eigenvalue weighted by molar-refractivity contribution is 5.57. The molecule has 0 aliphatic heterocycles. The maximum atomic E-state index is 14.1. The molecule has 0 saturated heterocycles. The van der Waals surface area contributed by atoms with Crippen LogP contribution in [0.1, 0.15) is 29.7 Å². The van der Waals surface area contributed by atoms with Crippen molar-refractivity contribution in [3.8, 4) is 11.5 Å². The lowest BCUT2D eigenvalue weighted by molar-refractivity contribution is 0.410. The predicted molar refractivity (Wildman–Crippen MR) is 82.6 cm³/mol. The third kappa shape index (κ3) is 3.27. The number of rotatable bonds is 4. The van der Waals surface area contributed by atoms with Crippen LogP contribution in [-0.2, 0) is 0 Å². The van der Waals surface area contributed by atoms with Gasteiger partial charge in [0.25, 0.3) is 0 Å². The fourth-order valence-electron chi connectivity index (χ4n) is 2.25. The molecule has 0 amide bonds. The minimum absolute atomic E-state index is 0.196. The van der Waals surface area contributed by atoms with Crippen LogP contribution < -0.4 is 10.1 Å². The van der Waals surface area contributed by atoms with E-state index in [-0.39, 0.29) is 17.6 Å². The molecule has 21 heavy (non-hydrogen) atoms. The molecule has 1 atom stereocenters. The van der Waals surface area contributed by atoms with Crippen LogP contribution >= 0.6 is 0 Å². The first-order valence-corrected chi connectivity index (χ1v) is 6.82. The van der Waals surface area contributed by atoms with E-state index >= 15 is 0 Å². The molecule has 0 radical (unpaired) electrons. The molecular formula is C17H20FNO2. The summed E-state index contributed by atoms with van der Waals surface area (Å²) in [5, 5.41) is 13.0. The lowest BCUT2D eigenvalue weighted by Gasteiger charge is -2.19. The summed E-state index contributed by atoms with van der Waals surface area (Å²) >= 11 is 0. The Hall–Kier alpha value is -2.23. The maximum absolute atomic E-state index is 14.1. The molecule has 112 valence electrons. The Kier molecular flexibility index (Phi) is 4.36. The summed E-state index contributed by atoms with van der Waals surface area (Å²) in [4.78, 5) is 0. The van der Waals surface area contributed by atoms with Crippen molar-refractivity contribution in [1.29, 1.82) is 0 Å². The monoisotopic (exact) mass is 289 g/mol. The number of halogens is 1. The standard InChI is InChI=1S/C17H20FNO2/c1-10-8-17(20)11(2)7-16(10)19-12(3)14-6-5-13(21-4)9-15(14)18/h5-9,12,19-20H,1-4H3. The molecule has 0 spiro atoms. The molecule has 1 unspecified atom stereocenters. The number of ether oxygens (including phenoxy) is 1. The molecule has 2 rings (SSSR count). The van der Waals surface area contributed by atoms with E-state index in [1.165, 1.54) is 13.2 Å². The van der Waals surface area contributed by atoms with Gasteiger partial charge in [-0.2, -0.15) is 0 Å². The third-order valence-corrected chi connectivity index (χ3v) is 3.59. The summed E-state index contributed by atoms with van der Waals surface area (Å²) in [6.45, 7) is 5.63. The van der Waals surface area contributed by atoms with Crippen LogP contribution in [0.4, 0.5) is 10.1 Å². The zero-order valence-corrected chi connectivity index (χ0v) is 12.7. The van der Waals surface area contributed by atoms with Gasteiger partial charge in [0.05, 0.1) is 13.2 Å². The first kappa shape index (κ1) is 15.2. The van der Waals surface area contributed by atoms with Crippen LogP contribution in [0.2, 0.25) is 0 Å². The summed E-state index contributed by atoms with van der Waals surface area (Å²) in [5.41, 5.74) is 3.15. The lowest BCUT2D eigenvalue weighted by Crippen LogP contribution is -2.10. The second kappa shape index (κ2) is 6.04. The molecule has 3 nitrogen and oxygen atoms in total. The molecule has 0 saturated carbocycles. The van der Waals surface area contributed by atoms with Gasteiger partial charge in [-0.15, -0.1) is 0 Å². The Morgan fingerprint density at radius 3 is 2.48 bits per heavy atom. The number of methoxy groups -OCH3 is 1. The number of phenolic OH excluding ortho intramolecular Hbond substituents is 1. The van der Waals surface area contributed by atoms with Crippen LogP contribution in [0.15, 0.2) is 30.3 Å². The van der Waals surface area contributed by atoms with Crippen molar-refractivity contribution in [2.45, 2.75) is 26.8 Å². The zero-order valence-electron chi connectivity index (χ0n) is 12.7. The summed E-state index contributed by atoms with van der Waals surface area (Å²) in [7, 11) is 1.51. The number of benzene rings is 2. The smallest absolute Gasteiger partial charge is 0.132 e. The number of aryl methyl sites for hydroxylation is 2. The highest BCUT2D eigenvalue weighted by Gasteiger charge is 2.13. The Bertz CT molecular complexity index is 655. The molecule has 0 aromatic heterocycles. The normalized spacial score (nSPS) is 12.0. The Morgan fingerprint density at radius 2 is 1.86 bits per heavy atom. The minimum Gasteiger partial charge on any atom is -0.508 e. The first-order chi connectivity index (χ1) is 9.92. The van der Waals surface area contributed by atoms with Crippen LogP contribution in [0.5, 0.6) is 11.5 Å². The quantitative estimate of drug-likeness (QED) is 0.823. The summed E-state index contributed by atoms with van der Waals surface area (Å²) in [6, 6.07) is 8.21. The van der Waals surface area contributed by atoms with E-state index in [9.17, 15) is 9.50 Å². The Morgan fingerprint density at radius 1 is 1.14 bits per heavy atom. The van der Waals surface area contributed by atoms with Gasteiger partial charge in [0, 0.05) is 17.3 Å². The number of hydrogen-bond donors (Lipinski definition) is 2. The van der Waals surface area contributed by atoms with E-state index in [1.54, 1.807) is 18.2 Å². The first-order valence-electron chi connectivity index (χ1n) is 6.82. The van der Waals surface area contributed by atoms with Crippen molar-refractivity contribution in [1.82, 2.24) is 0 Å². The minimum atomic E-state index is -0.303. The van der Waals surface area contributed by atoms with E-state index in [0.717, 1.165) is 16.8 Å². The van der Waals surface area contributed by atoms with E-state index < -0.39 is 0 Å². The Labute approximate surface area is 124 Å². The van der Waals surface area contributed by atoms with Gasteiger partial charge in [-0.25, -0.2) is 4.39 Å². The van der Waals surface area contributed by atoms with Gasteiger partial charge >= 0.3 is 0 Å². The van der Waals surface area contributed by atoms with Crippen LogP contribution in [0.3, 0.4) is 0 Å². The third-order valence-electron chi connectivity index (χ3n) is 3.59. The molecule has 2 aromatic rings. The lowest BCUT2D eigenvalue weighted by atomic mass is 10.0. The highest BCUT2D eigenvalue weighted by atomic mass is 19.1. The number of hydrogen-bond acceptors (Lipinski definition) is 3. The SMILES string of the molecule is COc1ccc(C(C)Nc2cc(C)c(O)cc2C)c(F)c1. The number of anilines is 1. The molecule has 0 bridgehead atoms. The molecule has 2 N–H and O–H groups in total. The summed E-state index contributed by atoms with van der Waals surface area (Å²) < 4.78 is 19.1. The molecule has 0 aliphatic carbocycles. The van der Waals surface area contributed by atoms with E-state index in [1.807, 2.05) is 26.8 Å². The van der Waals surface area contributed by atoms with Crippen molar-refractivity contribution in [3.05, 3.63) is 52.8 Å². The molecule has 0 fully saturated rings. The average molecular weight is 289 g/mol. The maximum Gasteiger partial charge on any atom is 0.132 e. The van der Waals surface area contributed by atoms with Gasteiger partial charge < -0.3 is 15.2 Å². The van der Waals surface area contributed by atoms with E-state index in [2.05, 4.69) is 5.32 Å². The largest absolute Gasteiger partial charge is 0.508 e. The Balaban J connectivity index is 2.26. The van der Waals surface area contributed by atoms with Gasteiger partial charge in [-0.3, -0.25) is 0 Å². The zero-order chi connectivity index (χ0) is 15.6. The van der Waals surface area contributed by atoms with Crippen molar-refractivity contribution >= 4 is 5.69 Å². The molecule has 4 heteroatoms. The fourth-order valence-corrected chi connectivity index (χ4v) is 2.25. The van der Waals surface area contributed by atoms with Crippen molar-refractivity contribution in [2.75, 3.05) is 12.4 Å². The van der Waals surface area contributed by atoms with Crippen molar-refractivity contribution in [3.63, 3.8) is 0 Å². The second-order valence-corrected chi connectivity index (χ2v) is 5.21. The molecule has 0 aliphatic rings. The fraction of sp³-hybridized carbons (Fsp3) is 0.294. The second-order valence-electron chi connectivity index (χ2n) is 5.21. The van der Waals surface area contributed by atoms with Gasteiger partial charge in [0.2, 0.25) is 0 Å². The number of aromatic hydroxyl groups is 1. The van der Waals surface area contributed by atoms with E-state index in [4.69, 9.17) is 4.74 Å². The van der Waals surface area contributed by atoms with Gasteiger partial charge in [0.15, 0.2) is 0 Å². The van der Waals surface area contributed by atoms with Crippen molar-refractivity contribution < 1.29 is 14.2 Å². The topological polar surface area (TPSA) is 41.5 Å². The number of nitrogens with one attached hydrogen (secondary N) is 1. The van der Waals surface area contributed by atoms with Crippen LogP contribution in [0, 0.1) is 19.7 Å². The molecule has 0 heterocycles. The summed E-state index contributed by atoms with van der Waals surface area (Å²) in [5.74, 6) is 0.462. The highest BCUT2D eigenvalue weighted by Crippen LogP contribution is 2.29. The van der Waals surface area contributed by atoms with Gasteiger partial charge in [-0.1, -0.05) is 6.07 Å². The predicted octanol–water partition coefficient (Wildman–Crippen LogP) is 4.33.